The lowest BCUT2D eigenvalue weighted by Gasteiger charge is -2.15. The Bertz CT molecular complexity index is 533. The Kier molecular flexibility index (Phi) is 4.03. The number of nitrogens with one attached hydrogen (secondary N) is 1. The topological polar surface area (TPSA) is 95.7 Å². The van der Waals surface area contributed by atoms with Gasteiger partial charge in [-0.3, -0.25) is 0 Å². The van der Waals surface area contributed by atoms with Gasteiger partial charge in [0.1, 0.15) is 4.90 Å². The zero-order valence-electron chi connectivity index (χ0n) is 9.31. The molecule has 0 aliphatic heterocycles. The van der Waals surface area contributed by atoms with Crippen molar-refractivity contribution >= 4 is 21.6 Å². The van der Waals surface area contributed by atoms with E-state index >= 15 is 0 Å². The minimum absolute atomic E-state index is 0.00839. The minimum Gasteiger partial charge on any atom is -0.225 e. The molecule has 0 saturated carbocycles. The highest BCUT2D eigenvalue weighted by molar-refractivity contribution is 7.89. The highest BCUT2D eigenvalue weighted by Crippen LogP contribution is 2.13. The lowest BCUT2D eigenvalue weighted by atomic mass is 9.97. The quantitative estimate of drug-likeness (QED) is 0.825. The van der Waals surface area contributed by atoms with Crippen molar-refractivity contribution in [3.63, 3.8) is 0 Å². The summed E-state index contributed by atoms with van der Waals surface area (Å²) in [5.74, 6) is 0. The largest absolute Gasteiger partial charge is 0.243 e. The summed E-state index contributed by atoms with van der Waals surface area (Å²) in [7, 11) is -3.71. The van der Waals surface area contributed by atoms with E-state index in [0.717, 1.165) is 12.4 Å². The van der Waals surface area contributed by atoms with Crippen LogP contribution >= 0.6 is 11.6 Å². The number of hydrogen-bond donors (Lipinski definition) is 1. The van der Waals surface area contributed by atoms with Crippen molar-refractivity contribution in [1.82, 2.24) is 14.7 Å². The Morgan fingerprint density at radius 1 is 1.47 bits per heavy atom. The van der Waals surface area contributed by atoms with Crippen molar-refractivity contribution < 1.29 is 8.42 Å². The van der Waals surface area contributed by atoms with Gasteiger partial charge >= 0.3 is 0 Å². The Hall–Kier alpha value is -1.23. The molecule has 0 spiro atoms. The van der Waals surface area contributed by atoms with Crippen LogP contribution in [0.2, 0.25) is 5.28 Å². The van der Waals surface area contributed by atoms with E-state index < -0.39 is 15.4 Å². The van der Waals surface area contributed by atoms with Crippen LogP contribution in [0.3, 0.4) is 0 Å². The molecule has 0 bridgehead atoms. The molecule has 1 rings (SSSR count). The van der Waals surface area contributed by atoms with Crippen molar-refractivity contribution in [2.24, 2.45) is 5.41 Å². The van der Waals surface area contributed by atoms with Crippen LogP contribution in [-0.4, -0.2) is 24.9 Å². The number of sulfonamides is 1. The fourth-order valence-electron chi connectivity index (χ4n) is 0.838. The Morgan fingerprint density at radius 3 is 2.47 bits per heavy atom. The maximum atomic E-state index is 11.8. The van der Waals surface area contributed by atoms with E-state index in [0.29, 0.717) is 0 Å². The normalized spacial score (nSPS) is 12.1. The van der Waals surface area contributed by atoms with E-state index in [9.17, 15) is 8.42 Å². The van der Waals surface area contributed by atoms with E-state index in [2.05, 4.69) is 14.7 Å². The van der Waals surface area contributed by atoms with Gasteiger partial charge in [-0.1, -0.05) is 0 Å². The summed E-state index contributed by atoms with van der Waals surface area (Å²) in [6, 6.07) is 2.00. The summed E-state index contributed by atoms with van der Waals surface area (Å²) in [6.07, 6.45) is 2.22. The fraction of sp³-hybridized carbons (Fsp3) is 0.444. The molecular weight excluding hydrogens is 264 g/mol. The summed E-state index contributed by atoms with van der Waals surface area (Å²) >= 11 is 5.45. The van der Waals surface area contributed by atoms with Gasteiger partial charge in [0.25, 0.3) is 0 Å². The van der Waals surface area contributed by atoms with Gasteiger partial charge in [0.05, 0.1) is 23.9 Å². The van der Waals surface area contributed by atoms with Crippen LogP contribution in [0.4, 0.5) is 0 Å². The summed E-state index contributed by atoms with van der Waals surface area (Å²) in [6.45, 7) is 3.27. The summed E-state index contributed by atoms with van der Waals surface area (Å²) in [4.78, 5) is 7.07. The molecule has 92 valence electrons. The summed E-state index contributed by atoms with van der Waals surface area (Å²) in [5, 5.41) is 8.74. The van der Waals surface area contributed by atoms with E-state index in [-0.39, 0.29) is 16.7 Å². The van der Waals surface area contributed by atoms with Crippen molar-refractivity contribution in [3.8, 4) is 6.07 Å². The van der Waals surface area contributed by atoms with Gasteiger partial charge in [-0.05, 0) is 25.4 Å². The second-order valence-corrected chi connectivity index (χ2v) is 6.11. The molecule has 0 fully saturated rings. The molecular formula is C9H11ClN4O2S. The number of hydrogen-bond acceptors (Lipinski definition) is 5. The molecule has 1 aromatic rings. The molecule has 1 heterocycles. The minimum atomic E-state index is -3.71. The molecule has 1 N–H and O–H groups in total. The van der Waals surface area contributed by atoms with Crippen LogP contribution in [0, 0.1) is 16.7 Å². The monoisotopic (exact) mass is 274 g/mol. The molecule has 0 unspecified atom stereocenters. The highest BCUT2D eigenvalue weighted by atomic mass is 35.5. The molecule has 17 heavy (non-hydrogen) atoms. The predicted molar refractivity (Wildman–Crippen MR) is 61.6 cm³/mol. The molecule has 0 aliphatic rings. The first-order valence-electron chi connectivity index (χ1n) is 4.65. The van der Waals surface area contributed by atoms with Gasteiger partial charge in [-0.2, -0.15) is 5.26 Å². The van der Waals surface area contributed by atoms with Crippen molar-refractivity contribution in [2.75, 3.05) is 6.54 Å². The van der Waals surface area contributed by atoms with Crippen LogP contribution in [-0.2, 0) is 10.0 Å². The van der Waals surface area contributed by atoms with Gasteiger partial charge in [-0.25, -0.2) is 23.1 Å². The SMILES string of the molecule is CC(C)(C#N)CNS(=O)(=O)c1cnc(Cl)nc1. The molecule has 0 amide bonds. The first-order valence-corrected chi connectivity index (χ1v) is 6.51. The van der Waals surface area contributed by atoms with E-state index in [1.807, 2.05) is 6.07 Å². The Labute approximate surface area is 105 Å². The van der Waals surface area contributed by atoms with Crippen molar-refractivity contribution in [2.45, 2.75) is 18.7 Å². The number of aromatic nitrogens is 2. The lowest BCUT2D eigenvalue weighted by molar-refractivity contribution is 0.478. The third-order valence-corrected chi connectivity index (χ3v) is 3.46. The zero-order valence-corrected chi connectivity index (χ0v) is 10.9. The number of rotatable bonds is 4. The molecule has 6 nitrogen and oxygen atoms in total. The van der Waals surface area contributed by atoms with E-state index in [4.69, 9.17) is 16.9 Å². The van der Waals surface area contributed by atoms with E-state index in [1.165, 1.54) is 0 Å². The fourth-order valence-corrected chi connectivity index (χ4v) is 2.04. The maximum absolute atomic E-state index is 11.8. The number of halogens is 1. The van der Waals surface area contributed by atoms with Gasteiger partial charge in [0.2, 0.25) is 15.3 Å². The van der Waals surface area contributed by atoms with Crippen LogP contribution < -0.4 is 4.72 Å². The summed E-state index contributed by atoms with van der Waals surface area (Å²) in [5.41, 5.74) is -0.777. The first-order chi connectivity index (χ1) is 7.77. The van der Waals surface area contributed by atoms with Gasteiger partial charge in [0, 0.05) is 6.54 Å². The average molecular weight is 275 g/mol. The molecule has 0 saturated heterocycles. The summed E-state index contributed by atoms with van der Waals surface area (Å²) < 4.78 is 25.8. The first kappa shape index (κ1) is 13.8. The van der Waals surface area contributed by atoms with Crippen LogP contribution in [0.25, 0.3) is 0 Å². The third-order valence-electron chi connectivity index (χ3n) is 1.91. The van der Waals surface area contributed by atoms with Gasteiger partial charge in [0.15, 0.2) is 0 Å². The smallest absolute Gasteiger partial charge is 0.225 e. The standard InChI is InChI=1S/C9H11ClN4O2S/c1-9(2,5-11)6-14-17(15,16)7-3-12-8(10)13-4-7/h3-4,14H,6H2,1-2H3. The Balaban J connectivity index is 2.84. The van der Waals surface area contributed by atoms with Crippen molar-refractivity contribution in [1.29, 1.82) is 5.26 Å². The zero-order chi connectivity index (χ0) is 13.1. The second-order valence-electron chi connectivity index (χ2n) is 4.01. The highest BCUT2D eigenvalue weighted by Gasteiger charge is 2.22. The molecule has 0 aromatic carbocycles. The maximum Gasteiger partial charge on any atom is 0.243 e. The molecule has 0 radical (unpaired) electrons. The molecule has 8 heteroatoms. The number of nitriles is 1. The van der Waals surface area contributed by atoms with Gasteiger partial charge in [-0.15, -0.1) is 0 Å². The van der Waals surface area contributed by atoms with Crippen molar-refractivity contribution in [3.05, 3.63) is 17.7 Å². The van der Waals surface area contributed by atoms with E-state index in [1.54, 1.807) is 13.8 Å². The molecule has 1 aromatic heterocycles. The second kappa shape index (κ2) is 4.96. The molecule has 0 atom stereocenters. The molecule has 0 aliphatic carbocycles. The van der Waals surface area contributed by atoms with Crippen LogP contribution in [0.5, 0.6) is 0 Å². The lowest BCUT2D eigenvalue weighted by Crippen LogP contribution is -2.33. The number of nitrogens with zero attached hydrogens (tertiary/aromatic N) is 3. The Morgan fingerprint density at radius 2 is 2.00 bits per heavy atom. The van der Waals surface area contributed by atoms with Crippen LogP contribution in [0.15, 0.2) is 17.3 Å². The average Bonchev–Trinajstić information content (AvgIpc) is 2.27. The predicted octanol–water partition coefficient (Wildman–Crippen LogP) is 0.958. The van der Waals surface area contributed by atoms with Gasteiger partial charge < -0.3 is 0 Å². The third kappa shape index (κ3) is 3.93. The van der Waals surface area contributed by atoms with Crippen LogP contribution in [0.1, 0.15) is 13.8 Å².